The van der Waals surface area contributed by atoms with Gasteiger partial charge in [0.15, 0.2) is 6.67 Å². The first kappa shape index (κ1) is 21.1. The fraction of sp³-hybridized carbons (Fsp3) is 0.308. The summed E-state index contributed by atoms with van der Waals surface area (Å²) in [5, 5.41) is 4.98. The molecule has 0 spiro atoms. The molecule has 3 aromatic rings. The van der Waals surface area contributed by atoms with E-state index in [-0.39, 0.29) is 11.9 Å². The highest BCUT2D eigenvalue weighted by Gasteiger charge is 2.50. The zero-order valence-electron chi connectivity index (χ0n) is 18.6. The first-order chi connectivity index (χ1) is 14.8. The fourth-order valence-corrected chi connectivity index (χ4v) is 4.38. The second-order valence-corrected chi connectivity index (χ2v) is 9.00. The predicted molar refractivity (Wildman–Crippen MR) is 123 cm³/mol. The molecule has 5 nitrogen and oxygen atoms in total. The van der Waals surface area contributed by atoms with E-state index in [0.29, 0.717) is 12.6 Å². The van der Waals surface area contributed by atoms with Crippen LogP contribution >= 0.6 is 0 Å². The molecule has 1 saturated heterocycles. The van der Waals surface area contributed by atoms with Gasteiger partial charge in [0.2, 0.25) is 0 Å². The van der Waals surface area contributed by atoms with Crippen molar-refractivity contribution in [3.05, 3.63) is 83.4 Å². The summed E-state index contributed by atoms with van der Waals surface area (Å²) < 4.78 is 0. The van der Waals surface area contributed by atoms with Crippen LogP contribution in [0.4, 0.5) is 4.79 Å². The van der Waals surface area contributed by atoms with Gasteiger partial charge in [-0.05, 0) is 34.7 Å². The molecule has 0 saturated carbocycles. The number of hydrogen-bond acceptors (Lipinski definition) is 2. The molecule has 1 heterocycles. The lowest BCUT2D eigenvalue weighted by Crippen LogP contribution is -3.09. The van der Waals surface area contributed by atoms with E-state index < -0.39 is 5.54 Å². The van der Waals surface area contributed by atoms with E-state index >= 15 is 0 Å². The summed E-state index contributed by atoms with van der Waals surface area (Å²) in [6.45, 7) is 7.21. The summed E-state index contributed by atoms with van der Waals surface area (Å²) in [7, 11) is 2.00. The molecule has 2 atom stereocenters. The molecule has 31 heavy (non-hydrogen) atoms. The molecule has 0 aromatic heterocycles. The molecular weight excluding hydrogens is 386 g/mol. The van der Waals surface area contributed by atoms with E-state index in [1.54, 1.807) is 6.92 Å². The Balaban J connectivity index is 1.52. The zero-order chi connectivity index (χ0) is 22.2. The number of quaternary nitrogens is 1. The van der Waals surface area contributed by atoms with E-state index in [1.165, 1.54) is 16.0 Å². The highest BCUT2D eigenvalue weighted by molar-refractivity contribution is 6.09. The molecule has 3 aromatic carbocycles. The number of amides is 3. The van der Waals surface area contributed by atoms with Crippen molar-refractivity contribution >= 4 is 22.7 Å². The van der Waals surface area contributed by atoms with Crippen LogP contribution in [0.15, 0.2) is 66.7 Å². The normalized spacial score (nSPS) is 19.8. The van der Waals surface area contributed by atoms with Crippen LogP contribution in [0, 0.1) is 0 Å². The van der Waals surface area contributed by atoms with Crippen LogP contribution < -0.4 is 10.2 Å². The maximum atomic E-state index is 13.4. The van der Waals surface area contributed by atoms with Crippen molar-refractivity contribution in [3.8, 4) is 0 Å². The van der Waals surface area contributed by atoms with Crippen LogP contribution in [0.3, 0.4) is 0 Å². The molecule has 1 aliphatic heterocycles. The number of carbonyl (C=O) groups is 2. The SMILES string of the molecule is CC(C)c1ccc(C[NH+](C)CN2C(=O)N[C@](C)(c3cccc4ccccc34)C2=O)cc1. The number of nitrogens with one attached hydrogen (secondary N) is 2. The number of urea groups is 1. The van der Waals surface area contributed by atoms with Gasteiger partial charge in [0.1, 0.15) is 12.1 Å². The third kappa shape index (κ3) is 3.93. The quantitative estimate of drug-likeness (QED) is 0.605. The van der Waals surface area contributed by atoms with Crippen molar-refractivity contribution in [2.45, 2.75) is 38.8 Å². The maximum Gasteiger partial charge on any atom is 0.329 e. The van der Waals surface area contributed by atoms with E-state index in [2.05, 4.69) is 43.4 Å². The third-order valence-electron chi connectivity index (χ3n) is 6.18. The molecule has 1 fully saturated rings. The molecular formula is C26H30N3O2+. The highest BCUT2D eigenvalue weighted by atomic mass is 16.2. The van der Waals surface area contributed by atoms with Gasteiger partial charge in [0.05, 0.1) is 7.05 Å². The molecule has 0 aliphatic carbocycles. The van der Waals surface area contributed by atoms with Gasteiger partial charge in [-0.25, -0.2) is 9.69 Å². The van der Waals surface area contributed by atoms with Crippen LogP contribution in [-0.4, -0.2) is 30.6 Å². The molecule has 0 bridgehead atoms. The minimum atomic E-state index is -1.07. The summed E-state index contributed by atoms with van der Waals surface area (Å²) in [5.74, 6) is 0.292. The minimum Gasteiger partial charge on any atom is -0.319 e. The van der Waals surface area contributed by atoms with E-state index in [0.717, 1.165) is 27.8 Å². The third-order valence-corrected chi connectivity index (χ3v) is 6.18. The summed E-state index contributed by atoms with van der Waals surface area (Å²) in [4.78, 5) is 28.6. The Hall–Kier alpha value is -3.18. The van der Waals surface area contributed by atoms with Gasteiger partial charge in [0, 0.05) is 5.56 Å². The summed E-state index contributed by atoms with van der Waals surface area (Å²) in [6.07, 6.45) is 0. The topological polar surface area (TPSA) is 53.9 Å². The van der Waals surface area contributed by atoms with Crippen molar-refractivity contribution in [1.29, 1.82) is 0 Å². The van der Waals surface area contributed by atoms with Gasteiger partial charge in [-0.3, -0.25) is 4.79 Å². The van der Waals surface area contributed by atoms with Crippen molar-refractivity contribution in [2.24, 2.45) is 0 Å². The van der Waals surface area contributed by atoms with Gasteiger partial charge in [-0.1, -0.05) is 80.6 Å². The van der Waals surface area contributed by atoms with Crippen LogP contribution in [0.2, 0.25) is 0 Å². The average Bonchev–Trinajstić information content (AvgIpc) is 2.97. The lowest BCUT2D eigenvalue weighted by Gasteiger charge is -2.24. The molecule has 5 heteroatoms. The van der Waals surface area contributed by atoms with Gasteiger partial charge < -0.3 is 10.2 Å². The zero-order valence-corrected chi connectivity index (χ0v) is 18.6. The molecule has 2 N–H and O–H groups in total. The number of nitrogens with zero attached hydrogens (tertiary/aromatic N) is 1. The van der Waals surface area contributed by atoms with Crippen LogP contribution in [0.5, 0.6) is 0 Å². The number of hydrogen-bond donors (Lipinski definition) is 2. The van der Waals surface area contributed by atoms with Crippen LogP contribution in [0.25, 0.3) is 10.8 Å². The Kier molecular flexibility index (Phi) is 5.54. The molecule has 4 rings (SSSR count). The first-order valence-corrected chi connectivity index (χ1v) is 10.8. The Labute approximate surface area is 183 Å². The number of imide groups is 1. The molecule has 160 valence electrons. The lowest BCUT2D eigenvalue weighted by molar-refractivity contribution is -0.901. The number of rotatable bonds is 6. The minimum absolute atomic E-state index is 0.205. The largest absolute Gasteiger partial charge is 0.329 e. The lowest BCUT2D eigenvalue weighted by atomic mass is 9.88. The fourth-order valence-electron chi connectivity index (χ4n) is 4.38. The van der Waals surface area contributed by atoms with Gasteiger partial charge in [-0.15, -0.1) is 0 Å². The van der Waals surface area contributed by atoms with Crippen LogP contribution in [-0.2, 0) is 16.9 Å². The molecule has 3 amide bonds. The monoisotopic (exact) mass is 416 g/mol. The van der Waals surface area contributed by atoms with Gasteiger partial charge >= 0.3 is 6.03 Å². The van der Waals surface area contributed by atoms with Crippen molar-refractivity contribution < 1.29 is 14.5 Å². The number of fused-ring (bicyclic) bond motifs is 1. The first-order valence-electron chi connectivity index (χ1n) is 10.8. The standard InChI is InChI=1S/C26H29N3O2/c1-18(2)20-14-12-19(13-15-20)16-28(4)17-29-24(30)26(3,27-25(29)31)23-11-7-9-21-8-5-6-10-22(21)23/h5-15,18H,16-17H2,1-4H3,(H,27,31)/p+1/t26-/m1/s1. The molecule has 1 unspecified atom stereocenters. The van der Waals surface area contributed by atoms with Crippen molar-refractivity contribution in [3.63, 3.8) is 0 Å². The number of carbonyl (C=O) groups excluding carboxylic acids is 2. The summed E-state index contributed by atoms with van der Waals surface area (Å²) >= 11 is 0. The maximum absolute atomic E-state index is 13.4. The average molecular weight is 417 g/mol. The molecule has 0 radical (unpaired) electrons. The number of benzene rings is 3. The van der Waals surface area contributed by atoms with E-state index in [9.17, 15) is 9.59 Å². The van der Waals surface area contributed by atoms with Crippen molar-refractivity contribution in [1.82, 2.24) is 10.2 Å². The smallest absolute Gasteiger partial charge is 0.319 e. The van der Waals surface area contributed by atoms with E-state index in [4.69, 9.17) is 0 Å². The van der Waals surface area contributed by atoms with Gasteiger partial charge in [-0.2, -0.15) is 0 Å². The van der Waals surface area contributed by atoms with Crippen LogP contribution in [0.1, 0.15) is 43.4 Å². The Bertz CT molecular complexity index is 1120. The summed E-state index contributed by atoms with van der Waals surface area (Å²) in [6, 6.07) is 22.0. The van der Waals surface area contributed by atoms with Gasteiger partial charge in [0.25, 0.3) is 5.91 Å². The second-order valence-electron chi connectivity index (χ2n) is 9.00. The Morgan fingerprint density at radius 3 is 2.35 bits per heavy atom. The molecule has 1 aliphatic rings. The Morgan fingerprint density at radius 1 is 0.968 bits per heavy atom. The highest BCUT2D eigenvalue weighted by Crippen LogP contribution is 2.33. The Morgan fingerprint density at radius 2 is 1.65 bits per heavy atom. The van der Waals surface area contributed by atoms with E-state index in [1.807, 2.05) is 49.5 Å². The summed E-state index contributed by atoms with van der Waals surface area (Å²) in [5.41, 5.74) is 2.25. The predicted octanol–water partition coefficient (Wildman–Crippen LogP) is 3.40. The second kappa shape index (κ2) is 8.16. The van der Waals surface area contributed by atoms with Crippen molar-refractivity contribution in [2.75, 3.05) is 13.7 Å².